The third-order valence-electron chi connectivity index (χ3n) is 3.23. The minimum absolute atomic E-state index is 0.231. The lowest BCUT2D eigenvalue weighted by atomic mass is 10.2. The van der Waals surface area contributed by atoms with Crippen molar-refractivity contribution in [2.75, 3.05) is 18.5 Å². The summed E-state index contributed by atoms with van der Waals surface area (Å²) in [5.41, 5.74) is 1.15. The van der Waals surface area contributed by atoms with Gasteiger partial charge in [-0.2, -0.15) is 0 Å². The molecule has 0 saturated carbocycles. The van der Waals surface area contributed by atoms with Crippen LogP contribution in [0, 0.1) is 5.92 Å². The van der Waals surface area contributed by atoms with Crippen LogP contribution < -0.4 is 10.6 Å². The smallest absolute Gasteiger partial charge is 0.340 e. The number of nitrogens with one attached hydrogen (secondary N) is 2. The monoisotopic (exact) mass is 342 g/mol. The summed E-state index contributed by atoms with van der Waals surface area (Å²) in [4.78, 5) is 32.4. The summed E-state index contributed by atoms with van der Waals surface area (Å²) in [5, 5.41) is 5.77. The van der Waals surface area contributed by atoms with Crippen LogP contribution >= 0.6 is 0 Å². The van der Waals surface area contributed by atoms with Gasteiger partial charge in [0, 0.05) is 12.7 Å². The third-order valence-corrected chi connectivity index (χ3v) is 3.23. The maximum atomic E-state index is 12.1. The normalized spacial score (nSPS) is 10.4. The molecule has 132 valence electrons. The van der Waals surface area contributed by atoms with Crippen LogP contribution in [0.4, 0.5) is 11.6 Å². The van der Waals surface area contributed by atoms with Gasteiger partial charge in [-0.05, 0) is 31.0 Å². The number of esters is 1. The van der Waals surface area contributed by atoms with E-state index >= 15 is 0 Å². The second kappa shape index (κ2) is 8.77. The molecule has 0 atom stereocenters. The Hall–Kier alpha value is -2.96. The second-order valence-corrected chi connectivity index (χ2v) is 5.76. The molecule has 1 heterocycles. The van der Waals surface area contributed by atoms with Crippen LogP contribution in [-0.4, -0.2) is 35.0 Å². The fraction of sp³-hybridized carbons (Fsp3) is 0.333. The van der Waals surface area contributed by atoms with E-state index in [1.54, 1.807) is 31.2 Å². The average Bonchev–Trinajstić information content (AvgIpc) is 2.60. The molecule has 0 bridgehead atoms. The third kappa shape index (κ3) is 5.27. The van der Waals surface area contributed by atoms with Gasteiger partial charge in [0.05, 0.1) is 17.9 Å². The van der Waals surface area contributed by atoms with Crippen LogP contribution in [0.1, 0.15) is 41.6 Å². The summed E-state index contributed by atoms with van der Waals surface area (Å²) in [7, 11) is 0. The largest absolute Gasteiger partial charge is 0.462 e. The van der Waals surface area contributed by atoms with Gasteiger partial charge in [-0.15, -0.1) is 0 Å². The van der Waals surface area contributed by atoms with E-state index in [-0.39, 0.29) is 24.2 Å². The van der Waals surface area contributed by atoms with Crippen molar-refractivity contribution >= 4 is 23.5 Å². The number of benzene rings is 1. The number of aromatic nitrogens is 2. The molecular weight excluding hydrogens is 320 g/mol. The van der Waals surface area contributed by atoms with Gasteiger partial charge in [0.25, 0.3) is 5.91 Å². The van der Waals surface area contributed by atoms with E-state index in [9.17, 15) is 9.59 Å². The molecule has 2 N–H and O–H groups in total. The zero-order valence-corrected chi connectivity index (χ0v) is 14.6. The number of nitrogens with zero attached hydrogens (tertiary/aromatic N) is 2. The Morgan fingerprint density at radius 2 is 1.96 bits per heavy atom. The van der Waals surface area contributed by atoms with Crippen molar-refractivity contribution in [3.8, 4) is 0 Å². The topological polar surface area (TPSA) is 93.2 Å². The molecule has 0 aliphatic rings. The predicted molar refractivity (Wildman–Crippen MR) is 94.9 cm³/mol. The summed E-state index contributed by atoms with van der Waals surface area (Å²) in [6, 6.07) is 8.44. The molecule has 0 radical (unpaired) electrons. The molecule has 1 amide bonds. The van der Waals surface area contributed by atoms with E-state index in [4.69, 9.17) is 4.74 Å². The highest BCUT2D eigenvalue weighted by Gasteiger charge is 2.14. The Kier molecular flexibility index (Phi) is 6.45. The Balaban J connectivity index is 2.18. The van der Waals surface area contributed by atoms with Crippen molar-refractivity contribution in [3.63, 3.8) is 0 Å². The lowest BCUT2D eigenvalue weighted by Gasteiger charge is -2.11. The number of anilines is 2. The first kappa shape index (κ1) is 18.4. The highest BCUT2D eigenvalue weighted by molar-refractivity contribution is 5.96. The molecule has 0 aliphatic carbocycles. The van der Waals surface area contributed by atoms with E-state index in [0.29, 0.717) is 23.7 Å². The van der Waals surface area contributed by atoms with Crippen LogP contribution in [0.15, 0.2) is 36.5 Å². The molecule has 0 spiro atoms. The van der Waals surface area contributed by atoms with Gasteiger partial charge in [-0.1, -0.05) is 26.0 Å². The number of amides is 1. The van der Waals surface area contributed by atoms with E-state index in [1.165, 1.54) is 12.3 Å². The van der Waals surface area contributed by atoms with Gasteiger partial charge in [-0.25, -0.2) is 14.8 Å². The molecule has 0 aliphatic heterocycles. The standard InChI is InChI=1S/C18H22N4O3/c1-4-25-17(24)13-7-5-6-8-14(13)21-18-19-10-9-15(22-18)16(23)20-11-12(2)3/h5-10,12H,4,11H2,1-3H3,(H,20,23)(H,19,21,22). The molecule has 7 nitrogen and oxygen atoms in total. The van der Waals surface area contributed by atoms with E-state index in [1.807, 2.05) is 13.8 Å². The summed E-state index contributed by atoms with van der Waals surface area (Å²) < 4.78 is 5.04. The van der Waals surface area contributed by atoms with Crippen molar-refractivity contribution < 1.29 is 14.3 Å². The molecule has 2 aromatic rings. The second-order valence-electron chi connectivity index (χ2n) is 5.76. The van der Waals surface area contributed by atoms with Crippen LogP contribution in [0.3, 0.4) is 0 Å². The van der Waals surface area contributed by atoms with Gasteiger partial charge in [0.2, 0.25) is 5.95 Å². The van der Waals surface area contributed by atoms with Gasteiger partial charge in [0.15, 0.2) is 0 Å². The van der Waals surface area contributed by atoms with Gasteiger partial charge in [-0.3, -0.25) is 4.79 Å². The number of hydrogen-bond donors (Lipinski definition) is 2. The number of rotatable bonds is 7. The lowest BCUT2D eigenvalue weighted by molar-refractivity contribution is 0.0527. The Morgan fingerprint density at radius 3 is 2.68 bits per heavy atom. The number of carbonyl (C=O) groups is 2. The molecule has 0 unspecified atom stereocenters. The molecule has 25 heavy (non-hydrogen) atoms. The molecule has 2 rings (SSSR count). The highest BCUT2D eigenvalue weighted by Crippen LogP contribution is 2.19. The van der Waals surface area contributed by atoms with E-state index in [0.717, 1.165) is 0 Å². The molecule has 0 saturated heterocycles. The molecular formula is C18H22N4O3. The summed E-state index contributed by atoms with van der Waals surface area (Å²) >= 11 is 0. The maximum absolute atomic E-state index is 12.1. The Labute approximate surface area is 146 Å². The highest BCUT2D eigenvalue weighted by atomic mass is 16.5. The SMILES string of the molecule is CCOC(=O)c1ccccc1Nc1nccc(C(=O)NCC(C)C)n1. The van der Waals surface area contributed by atoms with Crippen LogP contribution in [-0.2, 0) is 4.74 Å². The zero-order valence-electron chi connectivity index (χ0n) is 14.6. The maximum Gasteiger partial charge on any atom is 0.340 e. The molecule has 1 aromatic carbocycles. The average molecular weight is 342 g/mol. The summed E-state index contributed by atoms with van der Waals surface area (Å²) in [5.74, 6) is -0.122. The summed E-state index contributed by atoms with van der Waals surface area (Å²) in [6.45, 7) is 6.63. The molecule has 7 heteroatoms. The van der Waals surface area contributed by atoms with Gasteiger partial charge < -0.3 is 15.4 Å². The first-order valence-corrected chi connectivity index (χ1v) is 8.15. The van der Waals surface area contributed by atoms with Crippen LogP contribution in [0.5, 0.6) is 0 Å². The van der Waals surface area contributed by atoms with Gasteiger partial charge >= 0.3 is 5.97 Å². The fourth-order valence-corrected chi connectivity index (χ4v) is 2.03. The Morgan fingerprint density at radius 1 is 1.20 bits per heavy atom. The van der Waals surface area contributed by atoms with E-state index in [2.05, 4.69) is 20.6 Å². The van der Waals surface area contributed by atoms with Crippen LogP contribution in [0.2, 0.25) is 0 Å². The minimum atomic E-state index is -0.434. The van der Waals surface area contributed by atoms with Crippen molar-refractivity contribution in [2.24, 2.45) is 5.92 Å². The predicted octanol–water partition coefficient (Wildman–Crippen LogP) is 2.78. The number of para-hydroxylation sites is 1. The molecule has 0 fully saturated rings. The fourth-order valence-electron chi connectivity index (χ4n) is 2.03. The first-order valence-electron chi connectivity index (χ1n) is 8.15. The Bertz CT molecular complexity index is 747. The van der Waals surface area contributed by atoms with E-state index < -0.39 is 5.97 Å². The summed E-state index contributed by atoms with van der Waals surface area (Å²) in [6.07, 6.45) is 1.49. The van der Waals surface area contributed by atoms with Crippen molar-refractivity contribution in [3.05, 3.63) is 47.8 Å². The quantitative estimate of drug-likeness (QED) is 0.752. The molecule has 1 aromatic heterocycles. The van der Waals surface area contributed by atoms with Crippen molar-refractivity contribution in [1.29, 1.82) is 0 Å². The lowest BCUT2D eigenvalue weighted by Crippen LogP contribution is -2.28. The van der Waals surface area contributed by atoms with Crippen molar-refractivity contribution in [1.82, 2.24) is 15.3 Å². The number of carbonyl (C=O) groups excluding carboxylic acids is 2. The number of ether oxygens (including phenoxy) is 1. The van der Waals surface area contributed by atoms with Crippen LogP contribution in [0.25, 0.3) is 0 Å². The minimum Gasteiger partial charge on any atom is -0.462 e. The zero-order chi connectivity index (χ0) is 18.2. The number of hydrogen-bond acceptors (Lipinski definition) is 6. The first-order chi connectivity index (χ1) is 12.0. The van der Waals surface area contributed by atoms with Gasteiger partial charge in [0.1, 0.15) is 5.69 Å². The van der Waals surface area contributed by atoms with Crippen molar-refractivity contribution in [2.45, 2.75) is 20.8 Å².